The fourth-order valence-corrected chi connectivity index (χ4v) is 2.66. The van der Waals surface area contributed by atoms with E-state index in [9.17, 15) is 9.90 Å². The van der Waals surface area contributed by atoms with Gasteiger partial charge < -0.3 is 19.4 Å². The Labute approximate surface area is 140 Å². The van der Waals surface area contributed by atoms with Crippen LogP contribution in [-0.4, -0.2) is 22.1 Å². The molecule has 2 aromatic heterocycles. The molecule has 0 bridgehead atoms. The molecular weight excluding hydrogens is 304 g/mol. The van der Waals surface area contributed by atoms with Crippen LogP contribution in [0.4, 0.5) is 0 Å². The van der Waals surface area contributed by atoms with E-state index >= 15 is 0 Å². The maximum Gasteiger partial charge on any atom is 0.244 e. The smallest absolute Gasteiger partial charge is 0.244 e. The van der Waals surface area contributed by atoms with Crippen LogP contribution >= 0.6 is 0 Å². The molecule has 0 fully saturated rings. The molecule has 0 aliphatic rings. The van der Waals surface area contributed by atoms with E-state index in [1.165, 1.54) is 12.3 Å². The molecule has 0 aliphatic heterocycles. The van der Waals surface area contributed by atoms with Gasteiger partial charge in [0.05, 0.1) is 12.8 Å². The lowest BCUT2D eigenvalue weighted by Gasteiger charge is -2.20. The third kappa shape index (κ3) is 3.26. The molecule has 124 valence electrons. The van der Waals surface area contributed by atoms with Gasteiger partial charge in [-0.25, -0.2) is 0 Å². The Morgan fingerprint density at radius 1 is 1.33 bits per heavy atom. The zero-order valence-corrected chi connectivity index (χ0v) is 13.7. The standard InChI is InChI=1S/C19H20N2O3/c1-19(23,17-8-5-11-24-17)13-20-18(22)10-9-14-12-21(2)16-7-4-3-6-15(14)16/h3-12,23H,13H2,1-2H3,(H,20,22). The quantitative estimate of drug-likeness (QED) is 0.709. The normalized spacial score (nSPS) is 14.1. The highest BCUT2D eigenvalue weighted by Gasteiger charge is 2.26. The summed E-state index contributed by atoms with van der Waals surface area (Å²) in [6.45, 7) is 1.67. The summed E-state index contributed by atoms with van der Waals surface area (Å²) in [6, 6.07) is 11.4. The van der Waals surface area contributed by atoms with Crippen molar-refractivity contribution in [3.05, 3.63) is 66.3 Å². The highest BCUT2D eigenvalue weighted by molar-refractivity contribution is 5.96. The van der Waals surface area contributed by atoms with Crippen LogP contribution in [0.1, 0.15) is 18.2 Å². The summed E-state index contributed by atoms with van der Waals surface area (Å²) in [5, 5.41) is 14.1. The molecule has 0 saturated heterocycles. The SMILES string of the molecule is Cn1cc(C=CC(=O)NCC(C)(O)c2ccco2)c2ccccc21. The molecule has 3 aromatic rings. The van der Waals surface area contributed by atoms with Gasteiger partial charge in [-0.1, -0.05) is 18.2 Å². The van der Waals surface area contributed by atoms with E-state index in [2.05, 4.69) is 5.32 Å². The van der Waals surface area contributed by atoms with Crippen molar-refractivity contribution >= 4 is 22.9 Å². The number of furan rings is 1. The number of hydrogen-bond donors (Lipinski definition) is 2. The summed E-state index contributed by atoms with van der Waals surface area (Å²) < 4.78 is 7.21. The van der Waals surface area contributed by atoms with Gasteiger partial charge in [-0.2, -0.15) is 0 Å². The lowest BCUT2D eigenvalue weighted by atomic mass is 10.0. The largest absolute Gasteiger partial charge is 0.466 e. The average molecular weight is 324 g/mol. The van der Waals surface area contributed by atoms with Gasteiger partial charge in [0.15, 0.2) is 0 Å². The Hall–Kier alpha value is -2.79. The van der Waals surface area contributed by atoms with Gasteiger partial charge in [-0.3, -0.25) is 4.79 Å². The summed E-state index contributed by atoms with van der Waals surface area (Å²) >= 11 is 0. The molecule has 5 heteroatoms. The van der Waals surface area contributed by atoms with Gasteiger partial charge >= 0.3 is 0 Å². The van der Waals surface area contributed by atoms with Crippen molar-refractivity contribution in [1.29, 1.82) is 0 Å². The van der Waals surface area contributed by atoms with Gasteiger partial charge in [-0.15, -0.1) is 0 Å². The van der Waals surface area contributed by atoms with Crippen LogP contribution < -0.4 is 5.32 Å². The van der Waals surface area contributed by atoms with Gasteiger partial charge in [0.1, 0.15) is 11.4 Å². The molecule has 0 spiro atoms. The molecule has 24 heavy (non-hydrogen) atoms. The number of fused-ring (bicyclic) bond motifs is 1. The van der Waals surface area contributed by atoms with E-state index in [1.54, 1.807) is 25.1 Å². The van der Waals surface area contributed by atoms with Crippen LogP contribution in [0.15, 0.2) is 59.4 Å². The third-order valence-corrected chi connectivity index (χ3v) is 4.00. The monoisotopic (exact) mass is 324 g/mol. The van der Waals surface area contributed by atoms with Crippen LogP contribution in [0.2, 0.25) is 0 Å². The second-order valence-electron chi connectivity index (χ2n) is 6.01. The second kappa shape index (κ2) is 6.37. The Morgan fingerprint density at radius 2 is 2.12 bits per heavy atom. The number of carbonyl (C=O) groups excluding carboxylic acids is 1. The number of rotatable bonds is 5. The van der Waals surface area contributed by atoms with Crippen LogP contribution in [0.3, 0.4) is 0 Å². The van der Waals surface area contributed by atoms with E-state index in [-0.39, 0.29) is 12.5 Å². The summed E-state index contributed by atoms with van der Waals surface area (Å²) in [5.41, 5.74) is 0.839. The predicted molar refractivity (Wildman–Crippen MR) is 93.2 cm³/mol. The first kappa shape index (κ1) is 16.1. The fourth-order valence-electron chi connectivity index (χ4n) is 2.66. The van der Waals surface area contributed by atoms with Crippen molar-refractivity contribution in [1.82, 2.24) is 9.88 Å². The number of amides is 1. The number of aryl methyl sites for hydroxylation is 1. The second-order valence-corrected chi connectivity index (χ2v) is 6.01. The number of aromatic nitrogens is 1. The maximum atomic E-state index is 12.0. The van der Waals surface area contributed by atoms with Crippen molar-refractivity contribution in [2.75, 3.05) is 6.54 Å². The number of benzene rings is 1. The number of para-hydroxylation sites is 1. The van der Waals surface area contributed by atoms with Crippen molar-refractivity contribution in [2.24, 2.45) is 7.05 Å². The summed E-state index contributed by atoms with van der Waals surface area (Å²) in [6.07, 6.45) is 6.72. The number of carbonyl (C=O) groups is 1. The van der Waals surface area contributed by atoms with Crippen LogP contribution in [-0.2, 0) is 17.4 Å². The molecule has 3 rings (SSSR count). The first-order valence-corrected chi connectivity index (χ1v) is 7.74. The average Bonchev–Trinajstić information content (AvgIpc) is 3.21. The number of nitrogens with one attached hydrogen (secondary N) is 1. The number of hydrogen-bond acceptors (Lipinski definition) is 3. The molecule has 0 radical (unpaired) electrons. The zero-order chi connectivity index (χ0) is 17.2. The highest BCUT2D eigenvalue weighted by atomic mass is 16.4. The third-order valence-electron chi connectivity index (χ3n) is 4.00. The molecule has 0 aliphatic carbocycles. The van der Waals surface area contributed by atoms with Crippen LogP contribution in [0, 0.1) is 0 Å². The lowest BCUT2D eigenvalue weighted by Crippen LogP contribution is -2.37. The minimum absolute atomic E-state index is 0.0687. The highest BCUT2D eigenvalue weighted by Crippen LogP contribution is 2.22. The van der Waals surface area contributed by atoms with Gasteiger partial charge in [0.2, 0.25) is 5.91 Å². The van der Waals surface area contributed by atoms with Crippen molar-refractivity contribution < 1.29 is 14.3 Å². The van der Waals surface area contributed by atoms with Crippen molar-refractivity contribution in [3.63, 3.8) is 0 Å². The van der Waals surface area contributed by atoms with E-state index in [0.717, 1.165) is 16.5 Å². The molecule has 0 saturated carbocycles. The first-order valence-electron chi connectivity index (χ1n) is 7.74. The summed E-state index contributed by atoms with van der Waals surface area (Å²) in [5.74, 6) is 0.149. The molecule has 1 amide bonds. The Morgan fingerprint density at radius 3 is 2.88 bits per heavy atom. The number of nitrogens with zero attached hydrogens (tertiary/aromatic N) is 1. The molecular formula is C19H20N2O3. The molecule has 1 unspecified atom stereocenters. The maximum absolute atomic E-state index is 12.0. The van der Waals surface area contributed by atoms with Gasteiger partial charge in [0, 0.05) is 35.8 Å². The summed E-state index contributed by atoms with van der Waals surface area (Å²) in [4.78, 5) is 12.0. The van der Waals surface area contributed by atoms with E-state index in [0.29, 0.717) is 5.76 Å². The minimum Gasteiger partial charge on any atom is -0.466 e. The van der Waals surface area contributed by atoms with Gasteiger partial charge in [0.25, 0.3) is 0 Å². The molecule has 1 atom stereocenters. The van der Waals surface area contributed by atoms with Crippen molar-refractivity contribution in [2.45, 2.75) is 12.5 Å². The first-order chi connectivity index (χ1) is 11.5. The van der Waals surface area contributed by atoms with E-state index in [1.807, 2.05) is 42.1 Å². The molecule has 1 aromatic carbocycles. The topological polar surface area (TPSA) is 67.4 Å². The lowest BCUT2D eigenvalue weighted by molar-refractivity contribution is -0.117. The van der Waals surface area contributed by atoms with E-state index < -0.39 is 5.60 Å². The zero-order valence-electron chi connectivity index (χ0n) is 13.7. The van der Waals surface area contributed by atoms with Crippen molar-refractivity contribution in [3.8, 4) is 0 Å². The van der Waals surface area contributed by atoms with Crippen LogP contribution in [0.5, 0.6) is 0 Å². The van der Waals surface area contributed by atoms with Gasteiger partial charge in [-0.05, 0) is 31.2 Å². The Balaban J connectivity index is 1.67. The Kier molecular flexibility index (Phi) is 4.27. The molecule has 2 heterocycles. The fraction of sp³-hybridized carbons (Fsp3) is 0.211. The number of aliphatic hydroxyl groups is 1. The molecule has 5 nitrogen and oxygen atoms in total. The van der Waals surface area contributed by atoms with Crippen LogP contribution in [0.25, 0.3) is 17.0 Å². The molecule has 2 N–H and O–H groups in total. The predicted octanol–water partition coefficient (Wildman–Crippen LogP) is 2.81. The van der Waals surface area contributed by atoms with E-state index in [4.69, 9.17) is 4.42 Å². The Bertz CT molecular complexity index is 873. The summed E-state index contributed by atoms with van der Waals surface area (Å²) in [7, 11) is 1.97. The minimum atomic E-state index is -1.24.